The predicted octanol–water partition coefficient (Wildman–Crippen LogP) is 1.81. The Morgan fingerprint density at radius 1 is 1.16 bits per heavy atom. The number of amides is 1. The minimum atomic E-state index is -0.0499. The highest BCUT2D eigenvalue weighted by atomic mass is 16.1. The molecule has 2 aromatic rings. The van der Waals surface area contributed by atoms with Gasteiger partial charge in [-0.15, -0.1) is 0 Å². The van der Waals surface area contributed by atoms with Crippen LogP contribution in [0.4, 0.5) is 5.69 Å². The van der Waals surface area contributed by atoms with Crippen molar-refractivity contribution in [2.24, 2.45) is 11.5 Å². The molecule has 8 heteroatoms. The molecule has 0 saturated heterocycles. The first-order chi connectivity index (χ1) is 14.8. The van der Waals surface area contributed by atoms with Crippen LogP contribution in [0.25, 0.3) is 11.6 Å². The van der Waals surface area contributed by atoms with E-state index in [1.54, 1.807) is 24.3 Å². The summed E-state index contributed by atoms with van der Waals surface area (Å²) in [6.45, 7) is 3.37. The monoisotopic (exact) mass is 419 g/mol. The van der Waals surface area contributed by atoms with Crippen LogP contribution in [-0.4, -0.2) is 30.9 Å². The minimum absolute atomic E-state index is 0.0499. The van der Waals surface area contributed by atoms with Crippen LogP contribution in [0.2, 0.25) is 0 Å². The summed E-state index contributed by atoms with van der Waals surface area (Å²) in [5.74, 6) is -0.0499. The zero-order chi connectivity index (χ0) is 22.8. The molecule has 0 spiro atoms. The van der Waals surface area contributed by atoms with Crippen LogP contribution in [0.3, 0.4) is 0 Å². The molecule has 0 aliphatic rings. The Bertz CT molecular complexity index is 1020. The van der Waals surface area contributed by atoms with E-state index in [1.165, 1.54) is 13.1 Å². The molecule has 162 valence electrons. The van der Waals surface area contributed by atoms with Crippen molar-refractivity contribution in [1.29, 1.82) is 10.8 Å². The van der Waals surface area contributed by atoms with E-state index in [9.17, 15) is 4.79 Å². The zero-order valence-corrected chi connectivity index (χ0v) is 17.5. The fourth-order valence-corrected chi connectivity index (χ4v) is 2.94. The summed E-state index contributed by atoms with van der Waals surface area (Å²) in [6.07, 6.45) is 4.21. The maximum absolute atomic E-state index is 10.9. The van der Waals surface area contributed by atoms with Crippen molar-refractivity contribution in [2.75, 3.05) is 18.8 Å². The zero-order valence-electron chi connectivity index (χ0n) is 17.5. The topological polar surface area (TPSA) is 167 Å². The Balaban J connectivity index is 2.14. The molecule has 2 aromatic carbocycles. The maximum Gasteiger partial charge on any atom is 0.216 e. The molecule has 0 radical (unpaired) electrons. The smallest absolute Gasteiger partial charge is 0.216 e. The lowest BCUT2D eigenvalue weighted by Gasteiger charge is -2.11. The first kappa shape index (κ1) is 23.4. The van der Waals surface area contributed by atoms with E-state index in [0.29, 0.717) is 42.0 Å². The molecule has 0 atom stereocenters. The fraction of sp³-hybridized carbons (Fsp3) is 0.174. The Morgan fingerprint density at radius 2 is 1.94 bits per heavy atom. The highest BCUT2D eigenvalue weighted by molar-refractivity contribution is 6.16. The van der Waals surface area contributed by atoms with E-state index >= 15 is 0 Å². The van der Waals surface area contributed by atoms with Crippen LogP contribution < -0.4 is 27.8 Å². The average molecular weight is 420 g/mol. The molecule has 2 rings (SSSR count). The van der Waals surface area contributed by atoms with E-state index in [-0.39, 0.29) is 17.3 Å². The van der Waals surface area contributed by atoms with E-state index in [4.69, 9.17) is 28.0 Å². The van der Waals surface area contributed by atoms with Gasteiger partial charge in [0.15, 0.2) is 0 Å². The number of benzene rings is 2. The van der Waals surface area contributed by atoms with Crippen molar-refractivity contribution in [3.8, 4) is 0 Å². The molecule has 0 unspecified atom stereocenters. The second-order valence-electron chi connectivity index (χ2n) is 6.95. The van der Waals surface area contributed by atoms with Gasteiger partial charge >= 0.3 is 0 Å². The number of nitrogens with two attached hydrogens (primary N) is 3. The molecule has 0 saturated carbocycles. The highest BCUT2D eigenvalue weighted by Gasteiger charge is 2.11. The molecule has 8 nitrogen and oxygen atoms in total. The average Bonchev–Trinajstić information content (AvgIpc) is 2.75. The maximum atomic E-state index is 10.9. The SMILES string of the molecule is CC(=O)NCCNCc1cccc(/C=C(\N)C(=N)c2cc(/C(C=N)=C/N)ccc2N)c1. The van der Waals surface area contributed by atoms with Crippen molar-refractivity contribution in [3.63, 3.8) is 0 Å². The third kappa shape index (κ3) is 6.83. The van der Waals surface area contributed by atoms with Crippen LogP contribution >= 0.6 is 0 Å². The lowest BCUT2D eigenvalue weighted by atomic mass is 9.98. The predicted molar refractivity (Wildman–Crippen MR) is 128 cm³/mol. The Hall–Kier alpha value is -3.91. The molecular formula is C23H29N7O. The number of carbonyl (C=O) groups excluding carboxylic acids is 1. The number of carbonyl (C=O) groups is 1. The van der Waals surface area contributed by atoms with Crippen molar-refractivity contribution >= 4 is 35.2 Å². The molecular weight excluding hydrogens is 390 g/mol. The Kier molecular flexibility index (Phi) is 8.53. The molecule has 0 aromatic heterocycles. The summed E-state index contributed by atoms with van der Waals surface area (Å²) in [6, 6.07) is 12.9. The fourth-order valence-electron chi connectivity index (χ4n) is 2.94. The summed E-state index contributed by atoms with van der Waals surface area (Å²) in [7, 11) is 0. The van der Waals surface area contributed by atoms with Crippen molar-refractivity contribution < 1.29 is 4.79 Å². The summed E-state index contributed by atoms with van der Waals surface area (Å²) in [5.41, 5.74) is 22.2. The number of nitrogen functional groups attached to an aromatic ring is 1. The third-order valence-corrected chi connectivity index (χ3v) is 4.56. The number of hydrogen-bond acceptors (Lipinski definition) is 7. The summed E-state index contributed by atoms with van der Waals surface area (Å²) >= 11 is 0. The van der Waals surface area contributed by atoms with Gasteiger partial charge in [0.05, 0.1) is 11.4 Å². The number of hydrogen-bond donors (Lipinski definition) is 7. The van der Waals surface area contributed by atoms with E-state index in [1.807, 2.05) is 24.3 Å². The van der Waals surface area contributed by atoms with Gasteiger partial charge < -0.3 is 33.2 Å². The van der Waals surface area contributed by atoms with Gasteiger partial charge in [0.1, 0.15) is 0 Å². The molecule has 0 fully saturated rings. The quantitative estimate of drug-likeness (QED) is 0.177. The van der Waals surface area contributed by atoms with Gasteiger partial charge in [-0.2, -0.15) is 0 Å². The summed E-state index contributed by atoms with van der Waals surface area (Å²) < 4.78 is 0. The molecule has 10 N–H and O–H groups in total. The van der Waals surface area contributed by atoms with Crippen LogP contribution in [-0.2, 0) is 11.3 Å². The van der Waals surface area contributed by atoms with Crippen LogP contribution in [0.15, 0.2) is 54.4 Å². The van der Waals surface area contributed by atoms with Gasteiger partial charge in [-0.1, -0.05) is 30.3 Å². The Labute approximate surface area is 182 Å². The number of allylic oxidation sites excluding steroid dienone is 2. The van der Waals surface area contributed by atoms with Crippen LogP contribution in [0.5, 0.6) is 0 Å². The van der Waals surface area contributed by atoms with Crippen LogP contribution in [0, 0.1) is 10.8 Å². The van der Waals surface area contributed by atoms with Gasteiger partial charge in [0.25, 0.3) is 0 Å². The van der Waals surface area contributed by atoms with Gasteiger partial charge in [-0.3, -0.25) is 10.2 Å². The summed E-state index contributed by atoms with van der Waals surface area (Å²) in [4.78, 5) is 10.9. The second-order valence-corrected chi connectivity index (χ2v) is 6.95. The van der Waals surface area contributed by atoms with Gasteiger partial charge in [0.2, 0.25) is 5.91 Å². The highest BCUT2D eigenvalue weighted by Crippen LogP contribution is 2.21. The van der Waals surface area contributed by atoms with Crippen LogP contribution in [0.1, 0.15) is 29.2 Å². The number of rotatable bonds is 10. The minimum Gasteiger partial charge on any atom is -0.404 e. The van der Waals surface area contributed by atoms with Crippen molar-refractivity contribution in [1.82, 2.24) is 10.6 Å². The third-order valence-electron chi connectivity index (χ3n) is 4.56. The Morgan fingerprint density at radius 3 is 2.61 bits per heavy atom. The van der Waals surface area contributed by atoms with E-state index in [2.05, 4.69) is 10.6 Å². The lowest BCUT2D eigenvalue weighted by Crippen LogP contribution is -2.29. The summed E-state index contributed by atoms with van der Waals surface area (Å²) in [5, 5.41) is 21.9. The van der Waals surface area contributed by atoms with Gasteiger partial charge in [-0.05, 0) is 34.9 Å². The normalized spacial score (nSPS) is 11.8. The van der Waals surface area contributed by atoms with E-state index in [0.717, 1.165) is 17.3 Å². The standard InChI is InChI=1S/C23H29N7O/c1-15(31)30-8-7-29-14-17-4-2-3-16(9-17)10-22(27)23(28)20-11-18(5-6-21(20)26)19(12-24)13-25/h2-6,9-13,24,28-29H,7-8,14,25-27H2,1H3,(H,30,31)/b19-13+,22-10-,24-12?,28-23?. The second kappa shape index (κ2) is 11.3. The number of nitrogens with one attached hydrogen (secondary N) is 4. The molecule has 0 bridgehead atoms. The molecule has 31 heavy (non-hydrogen) atoms. The molecule has 1 amide bonds. The molecule has 0 aliphatic carbocycles. The van der Waals surface area contributed by atoms with Gasteiger partial charge in [-0.25, -0.2) is 0 Å². The van der Waals surface area contributed by atoms with Crippen molar-refractivity contribution in [2.45, 2.75) is 13.5 Å². The lowest BCUT2D eigenvalue weighted by molar-refractivity contribution is -0.118. The van der Waals surface area contributed by atoms with Crippen molar-refractivity contribution in [3.05, 3.63) is 76.6 Å². The first-order valence-electron chi connectivity index (χ1n) is 9.78. The largest absolute Gasteiger partial charge is 0.404 e. The number of anilines is 1. The van der Waals surface area contributed by atoms with Gasteiger partial charge in [0, 0.05) is 55.8 Å². The molecule has 0 aliphatic heterocycles. The first-order valence-corrected chi connectivity index (χ1v) is 9.78. The molecule has 0 heterocycles. The van der Waals surface area contributed by atoms with E-state index < -0.39 is 0 Å².